The van der Waals surface area contributed by atoms with Crippen molar-refractivity contribution >= 4 is 27.4 Å². The molecule has 0 heterocycles. The molecule has 0 bridgehead atoms. The summed E-state index contributed by atoms with van der Waals surface area (Å²) >= 11 is 3.15. The van der Waals surface area contributed by atoms with E-state index < -0.39 is 4.92 Å². The second kappa shape index (κ2) is 6.49. The third kappa shape index (κ3) is 3.53. The fourth-order valence-electron chi connectivity index (χ4n) is 1.45. The number of unbranched alkanes of at least 4 members (excludes halogenated alkanes) is 1. The molecule has 0 atom stereocenters. The van der Waals surface area contributed by atoms with E-state index in [2.05, 4.69) is 15.9 Å². The molecule has 1 aromatic rings. The molecule has 0 aliphatic rings. The van der Waals surface area contributed by atoms with E-state index in [0.29, 0.717) is 11.1 Å². The average molecular weight is 316 g/mol. The van der Waals surface area contributed by atoms with Crippen molar-refractivity contribution in [3.05, 3.63) is 32.3 Å². The Kier molecular flexibility index (Phi) is 5.27. The number of Topliss-reactive ketones (excluding diaryl/α,β-unsaturated/α-hetero) is 1. The molecule has 0 unspecified atom stereocenters. The van der Waals surface area contributed by atoms with Gasteiger partial charge in [0.1, 0.15) is 0 Å². The minimum Gasteiger partial charge on any atom is -0.486 e. The van der Waals surface area contributed by atoms with Crippen molar-refractivity contribution in [3.8, 4) is 5.75 Å². The molecular formula is C12H14BrNO4. The largest absolute Gasteiger partial charge is 0.486 e. The van der Waals surface area contributed by atoms with Crippen LogP contribution in [0.1, 0.15) is 37.0 Å². The first-order valence-electron chi connectivity index (χ1n) is 5.59. The lowest BCUT2D eigenvalue weighted by molar-refractivity contribution is -0.386. The lowest BCUT2D eigenvalue weighted by Crippen LogP contribution is -2.06. The molecule has 0 amide bonds. The van der Waals surface area contributed by atoms with Gasteiger partial charge in [0.05, 0.1) is 17.1 Å². The first kappa shape index (κ1) is 14.6. The molecule has 0 spiro atoms. The van der Waals surface area contributed by atoms with E-state index in [1.807, 2.05) is 6.92 Å². The molecule has 0 fully saturated rings. The number of hydrogen-bond donors (Lipinski definition) is 0. The lowest BCUT2D eigenvalue weighted by atomic mass is 10.1. The van der Waals surface area contributed by atoms with Crippen molar-refractivity contribution in [2.24, 2.45) is 0 Å². The topological polar surface area (TPSA) is 69.4 Å². The second-order valence-corrected chi connectivity index (χ2v) is 4.73. The Bertz CT molecular complexity index is 438. The summed E-state index contributed by atoms with van der Waals surface area (Å²) in [6.07, 6.45) is 1.70. The van der Waals surface area contributed by atoms with Gasteiger partial charge in [0.2, 0.25) is 5.75 Å². The van der Waals surface area contributed by atoms with Gasteiger partial charge in [-0.3, -0.25) is 14.9 Å². The zero-order valence-electron chi connectivity index (χ0n) is 10.2. The van der Waals surface area contributed by atoms with Crippen molar-refractivity contribution in [2.75, 3.05) is 6.61 Å². The fourth-order valence-corrected chi connectivity index (χ4v) is 1.89. The van der Waals surface area contributed by atoms with E-state index >= 15 is 0 Å². The van der Waals surface area contributed by atoms with Gasteiger partial charge in [0.15, 0.2) is 5.78 Å². The van der Waals surface area contributed by atoms with E-state index in [9.17, 15) is 14.9 Å². The van der Waals surface area contributed by atoms with Crippen LogP contribution in [0.25, 0.3) is 0 Å². The number of carbonyl (C=O) groups is 1. The number of benzene rings is 1. The number of nitrogens with zero attached hydrogens (tertiary/aromatic N) is 1. The minimum atomic E-state index is -0.543. The zero-order chi connectivity index (χ0) is 13.7. The Hall–Kier alpha value is -1.43. The van der Waals surface area contributed by atoms with Crippen LogP contribution in [0.4, 0.5) is 5.69 Å². The molecule has 98 valence electrons. The molecule has 1 aromatic carbocycles. The molecule has 6 heteroatoms. The van der Waals surface area contributed by atoms with Crippen LogP contribution < -0.4 is 4.74 Å². The summed E-state index contributed by atoms with van der Waals surface area (Å²) in [5.74, 6) is -0.199. The molecule has 0 aromatic heterocycles. The number of ether oxygens (including phenoxy) is 1. The maximum Gasteiger partial charge on any atom is 0.312 e. The third-order valence-corrected chi connectivity index (χ3v) is 2.81. The molecule has 0 aliphatic carbocycles. The Labute approximate surface area is 113 Å². The van der Waals surface area contributed by atoms with E-state index in [4.69, 9.17) is 4.74 Å². The zero-order valence-corrected chi connectivity index (χ0v) is 11.8. The summed E-state index contributed by atoms with van der Waals surface area (Å²) in [4.78, 5) is 21.9. The van der Waals surface area contributed by atoms with Gasteiger partial charge in [-0.15, -0.1) is 0 Å². The molecule has 0 N–H and O–H groups in total. The van der Waals surface area contributed by atoms with Crippen molar-refractivity contribution in [3.63, 3.8) is 0 Å². The second-order valence-electron chi connectivity index (χ2n) is 3.82. The molecule has 5 nitrogen and oxygen atoms in total. The normalized spacial score (nSPS) is 10.2. The van der Waals surface area contributed by atoms with Crippen LogP contribution in [0.5, 0.6) is 5.75 Å². The maximum absolute atomic E-state index is 11.5. The SMILES string of the molecule is CCCCOc1c(C(C)=O)cc(Br)cc1[N+](=O)[O-]. The van der Waals surface area contributed by atoms with Gasteiger partial charge in [0.25, 0.3) is 0 Å². The molecule has 18 heavy (non-hydrogen) atoms. The highest BCUT2D eigenvalue weighted by molar-refractivity contribution is 9.10. The van der Waals surface area contributed by atoms with Crippen LogP contribution in [0.2, 0.25) is 0 Å². The van der Waals surface area contributed by atoms with Crippen LogP contribution in [0.15, 0.2) is 16.6 Å². The predicted octanol–water partition coefficient (Wildman–Crippen LogP) is 3.74. The van der Waals surface area contributed by atoms with Crippen LogP contribution >= 0.6 is 15.9 Å². The van der Waals surface area contributed by atoms with Crippen LogP contribution in [0.3, 0.4) is 0 Å². The first-order valence-corrected chi connectivity index (χ1v) is 6.38. The number of nitro groups is 1. The number of nitro benzene ring substituents is 1. The quantitative estimate of drug-likeness (QED) is 0.347. The summed E-state index contributed by atoms with van der Waals surface area (Å²) < 4.78 is 5.89. The minimum absolute atomic E-state index is 0.0594. The Morgan fingerprint density at radius 2 is 2.17 bits per heavy atom. The molecular weight excluding hydrogens is 302 g/mol. The summed E-state index contributed by atoms with van der Waals surface area (Å²) in [6, 6.07) is 2.88. The number of carbonyl (C=O) groups excluding carboxylic acids is 1. The van der Waals surface area contributed by atoms with Crippen LogP contribution in [-0.2, 0) is 0 Å². The Balaban J connectivity index is 3.23. The monoisotopic (exact) mass is 315 g/mol. The third-order valence-electron chi connectivity index (χ3n) is 2.35. The van der Waals surface area contributed by atoms with Gasteiger partial charge >= 0.3 is 5.69 Å². The van der Waals surface area contributed by atoms with E-state index in [1.54, 1.807) is 0 Å². The molecule has 1 rings (SSSR count). The van der Waals surface area contributed by atoms with Crippen molar-refractivity contribution < 1.29 is 14.5 Å². The van der Waals surface area contributed by atoms with E-state index in [-0.39, 0.29) is 22.8 Å². The Morgan fingerprint density at radius 3 is 2.67 bits per heavy atom. The molecule has 0 saturated heterocycles. The van der Waals surface area contributed by atoms with Crippen molar-refractivity contribution in [1.82, 2.24) is 0 Å². The van der Waals surface area contributed by atoms with Gasteiger partial charge in [0, 0.05) is 10.5 Å². The van der Waals surface area contributed by atoms with Crippen LogP contribution in [0, 0.1) is 10.1 Å². The van der Waals surface area contributed by atoms with Gasteiger partial charge < -0.3 is 4.74 Å². The number of hydrogen-bond acceptors (Lipinski definition) is 4. The number of halogens is 1. The average Bonchev–Trinajstić information content (AvgIpc) is 2.30. The number of ketones is 1. The predicted molar refractivity (Wildman–Crippen MR) is 71.2 cm³/mol. The summed E-state index contributed by atoms with van der Waals surface area (Å²) in [7, 11) is 0. The van der Waals surface area contributed by atoms with Gasteiger partial charge in [-0.25, -0.2) is 0 Å². The van der Waals surface area contributed by atoms with Gasteiger partial charge in [-0.05, 0) is 19.4 Å². The maximum atomic E-state index is 11.5. The highest BCUT2D eigenvalue weighted by Gasteiger charge is 2.22. The summed E-state index contributed by atoms with van der Waals surface area (Å²) in [6.45, 7) is 3.71. The highest BCUT2D eigenvalue weighted by Crippen LogP contribution is 2.35. The summed E-state index contributed by atoms with van der Waals surface area (Å²) in [5.41, 5.74) is 0.0397. The van der Waals surface area contributed by atoms with E-state index in [1.165, 1.54) is 19.1 Å². The highest BCUT2D eigenvalue weighted by atomic mass is 79.9. The standard InChI is InChI=1S/C12H14BrNO4/c1-3-4-5-18-12-10(8(2)15)6-9(13)7-11(12)14(16)17/h6-7H,3-5H2,1-2H3. The van der Waals surface area contributed by atoms with Crippen molar-refractivity contribution in [1.29, 1.82) is 0 Å². The van der Waals surface area contributed by atoms with Gasteiger partial charge in [-0.2, -0.15) is 0 Å². The molecule has 0 saturated carbocycles. The molecule has 0 aliphatic heterocycles. The van der Waals surface area contributed by atoms with Crippen LogP contribution in [-0.4, -0.2) is 17.3 Å². The smallest absolute Gasteiger partial charge is 0.312 e. The molecule has 0 radical (unpaired) electrons. The van der Waals surface area contributed by atoms with Gasteiger partial charge in [-0.1, -0.05) is 29.3 Å². The Morgan fingerprint density at radius 1 is 1.50 bits per heavy atom. The summed E-state index contributed by atoms with van der Waals surface area (Å²) in [5, 5.41) is 11.0. The first-order chi connectivity index (χ1) is 8.47. The number of rotatable bonds is 6. The lowest BCUT2D eigenvalue weighted by Gasteiger charge is -2.10. The van der Waals surface area contributed by atoms with E-state index in [0.717, 1.165) is 12.8 Å². The van der Waals surface area contributed by atoms with Crippen molar-refractivity contribution in [2.45, 2.75) is 26.7 Å². The fraction of sp³-hybridized carbons (Fsp3) is 0.417.